The Kier molecular flexibility index (Phi) is 7.11. The molecule has 43 heavy (non-hydrogen) atoms. The van der Waals surface area contributed by atoms with E-state index in [0.717, 1.165) is 0 Å². The number of phenolic OH excluding ortho intramolecular Hbond substituents is 1. The number of hydrogen-bond acceptors (Lipinski definition) is 13. The molecule has 0 bridgehead atoms. The molecule has 2 aromatic rings. The van der Waals surface area contributed by atoms with Crippen LogP contribution in [0.5, 0.6) is 28.7 Å². The molecule has 0 amide bonds. The van der Waals surface area contributed by atoms with Crippen molar-refractivity contribution in [2.45, 2.75) is 49.0 Å². The summed E-state index contributed by atoms with van der Waals surface area (Å²) in [4.78, 5) is 13.4. The summed E-state index contributed by atoms with van der Waals surface area (Å²) in [5.41, 5.74) is 1.99. The molecule has 0 unspecified atom stereocenters. The third-order valence-electron chi connectivity index (χ3n) is 8.81. The van der Waals surface area contributed by atoms with Crippen molar-refractivity contribution in [3.8, 4) is 28.7 Å². The fraction of sp³-hybridized carbons (Fsp3) is 0.500. The maximum atomic E-state index is 13.4. The number of cyclic esters (lactones) is 1. The zero-order valence-corrected chi connectivity index (χ0v) is 23.4. The van der Waals surface area contributed by atoms with Gasteiger partial charge in [-0.2, -0.15) is 0 Å². The van der Waals surface area contributed by atoms with Gasteiger partial charge in [-0.3, -0.25) is 4.79 Å². The molecule has 4 aliphatic heterocycles. The van der Waals surface area contributed by atoms with Gasteiger partial charge in [0.1, 0.15) is 24.4 Å². The van der Waals surface area contributed by atoms with Gasteiger partial charge >= 0.3 is 5.97 Å². The van der Waals surface area contributed by atoms with Gasteiger partial charge in [0.25, 0.3) is 0 Å². The third-order valence-corrected chi connectivity index (χ3v) is 8.81. The first-order chi connectivity index (χ1) is 20.8. The summed E-state index contributed by atoms with van der Waals surface area (Å²) in [5.74, 6) is -1.10. The van der Waals surface area contributed by atoms with Crippen LogP contribution in [0.2, 0.25) is 0 Å². The second-order valence-corrected chi connectivity index (χ2v) is 11.0. The summed E-state index contributed by atoms with van der Waals surface area (Å²) < 4.78 is 51.6. The fourth-order valence-corrected chi connectivity index (χ4v) is 6.75. The Morgan fingerprint density at radius 1 is 0.930 bits per heavy atom. The van der Waals surface area contributed by atoms with E-state index in [2.05, 4.69) is 6.58 Å². The third kappa shape index (κ3) is 4.50. The lowest BCUT2D eigenvalue weighted by Crippen LogP contribution is -2.63. The number of aliphatic hydroxyl groups excluding tert-OH is 2. The van der Waals surface area contributed by atoms with Gasteiger partial charge in [-0.1, -0.05) is 6.58 Å². The number of carbonyl (C=O) groups is 1. The second kappa shape index (κ2) is 10.8. The van der Waals surface area contributed by atoms with Gasteiger partial charge in [-0.25, -0.2) is 0 Å². The van der Waals surface area contributed by atoms with Crippen LogP contribution in [0.3, 0.4) is 0 Å². The Bertz CT molecular complexity index is 1400. The van der Waals surface area contributed by atoms with Crippen molar-refractivity contribution in [1.29, 1.82) is 0 Å². The zero-order chi connectivity index (χ0) is 30.0. The van der Waals surface area contributed by atoms with Crippen LogP contribution in [0, 0.1) is 11.8 Å². The number of fused-ring (bicyclic) bond motifs is 4. The lowest BCUT2D eigenvalue weighted by Gasteiger charge is -2.47. The molecule has 1 aliphatic carbocycles. The van der Waals surface area contributed by atoms with Crippen molar-refractivity contribution in [1.82, 2.24) is 0 Å². The molecule has 3 fully saturated rings. The summed E-state index contributed by atoms with van der Waals surface area (Å²) in [7, 11) is 2.85. The van der Waals surface area contributed by atoms with E-state index in [9.17, 15) is 20.1 Å². The Hall–Kier alpha value is -3.59. The van der Waals surface area contributed by atoms with Crippen molar-refractivity contribution in [2.75, 3.05) is 34.2 Å². The van der Waals surface area contributed by atoms with E-state index in [-0.39, 0.29) is 37.3 Å². The van der Waals surface area contributed by atoms with Crippen LogP contribution in [-0.4, -0.2) is 92.5 Å². The number of benzene rings is 2. The molecule has 3 N–H and O–H groups in total. The molecule has 0 aromatic heterocycles. The quantitative estimate of drug-likeness (QED) is 0.324. The SMILES string of the molecule is C=C[C@@H]1OC[C@H]2O[C@@H](O[C@@H]3c4cc5c(cc4[C@@H](c4cc(OC)c(O)c(OC)c4)[C@H]4C(=O)OC[C@@H]43)OCO5)[C@H](O)[C@@H](O)[C@@H]2O1. The highest BCUT2D eigenvalue weighted by Crippen LogP contribution is 2.57. The number of ether oxygens (including phenoxy) is 9. The fourth-order valence-electron chi connectivity index (χ4n) is 6.75. The molecule has 0 spiro atoms. The molecule has 10 atom stereocenters. The van der Waals surface area contributed by atoms with Crippen LogP contribution >= 0.6 is 0 Å². The van der Waals surface area contributed by atoms with Crippen LogP contribution in [0.25, 0.3) is 0 Å². The Labute approximate surface area is 246 Å². The van der Waals surface area contributed by atoms with Gasteiger partial charge in [0.05, 0.1) is 39.5 Å². The number of methoxy groups -OCH3 is 2. The summed E-state index contributed by atoms with van der Waals surface area (Å²) in [5, 5.41) is 32.6. The van der Waals surface area contributed by atoms with Gasteiger partial charge < -0.3 is 58.0 Å². The van der Waals surface area contributed by atoms with Gasteiger partial charge in [-0.05, 0) is 47.0 Å². The minimum atomic E-state index is -1.47. The first-order valence-electron chi connectivity index (χ1n) is 13.9. The van der Waals surface area contributed by atoms with Crippen LogP contribution in [0.1, 0.15) is 28.7 Å². The van der Waals surface area contributed by atoms with Gasteiger partial charge in [-0.15, -0.1) is 0 Å². The minimum Gasteiger partial charge on any atom is -0.502 e. The predicted molar refractivity (Wildman–Crippen MR) is 143 cm³/mol. The molecule has 13 heteroatoms. The molecule has 230 valence electrons. The number of esters is 1. The summed E-state index contributed by atoms with van der Waals surface area (Å²) in [6, 6.07) is 6.91. The van der Waals surface area contributed by atoms with E-state index < -0.39 is 66.8 Å². The second-order valence-electron chi connectivity index (χ2n) is 11.0. The van der Waals surface area contributed by atoms with Crippen molar-refractivity contribution in [3.05, 3.63) is 53.6 Å². The minimum absolute atomic E-state index is 0.0234. The molecular formula is C30H32O13. The number of carbonyl (C=O) groups excluding carboxylic acids is 1. The highest BCUT2D eigenvalue weighted by molar-refractivity contribution is 5.79. The van der Waals surface area contributed by atoms with Crippen LogP contribution in [0.15, 0.2) is 36.9 Å². The normalized spacial score (nSPS) is 35.8. The summed E-state index contributed by atoms with van der Waals surface area (Å²) in [6.45, 7) is 3.80. The number of aliphatic hydroxyl groups is 2. The van der Waals surface area contributed by atoms with Gasteiger partial charge in [0, 0.05) is 11.8 Å². The molecule has 3 saturated heterocycles. The first kappa shape index (κ1) is 28.2. The lowest BCUT2D eigenvalue weighted by atomic mass is 9.66. The maximum Gasteiger partial charge on any atom is 0.310 e. The summed E-state index contributed by atoms with van der Waals surface area (Å²) >= 11 is 0. The van der Waals surface area contributed by atoms with E-state index >= 15 is 0 Å². The van der Waals surface area contributed by atoms with Crippen LogP contribution in [0.4, 0.5) is 0 Å². The molecule has 4 heterocycles. The first-order valence-corrected chi connectivity index (χ1v) is 13.9. The van der Waals surface area contributed by atoms with E-state index in [0.29, 0.717) is 28.2 Å². The van der Waals surface area contributed by atoms with E-state index in [1.54, 1.807) is 24.3 Å². The maximum absolute atomic E-state index is 13.4. The number of aromatic hydroxyl groups is 1. The van der Waals surface area contributed by atoms with Crippen molar-refractivity contribution >= 4 is 5.97 Å². The zero-order valence-electron chi connectivity index (χ0n) is 23.4. The van der Waals surface area contributed by atoms with E-state index in [4.69, 9.17) is 42.6 Å². The van der Waals surface area contributed by atoms with Crippen molar-refractivity contribution in [3.63, 3.8) is 0 Å². The average Bonchev–Trinajstić information content (AvgIpc) is 3.65. The van der Waals surface area contributed by atoms with Crippen molar-refractivity contribution in [2.24, 2.45) is 11.8 Å². The van der Waals surface area contributed by atoms with E-state index in [1.807, 2.05) is 0 Å². The van der Waals surface area contributed by atoms with Gasteiger partial charge in [0.15, 0.2) is 35.6 Å². The molecular weight excluding hydrogens is 568 g/mol. The molecule has 0 saturated carbocycles. The van der Waals surface area contributed by atoms with Crippen molar-refractivity contribution < 1.29 is 62.7 Å². The largest absolute Gasteiger partial charge is 0.502 e. The molecule has 2 aromatic carbocycles. The Morgan fingerprint density at radius 3 is 2.30 bits per heavy atom. The topological polar surface area (TPSA) is 161 Å². The smallest absolute Gasteiger partial charge is 0.310 e. The molecule has 13 nitrogen and oxygen atoms in total. The molecule has 7 rings (SSSR count). The monoisotopic (exact) mass is 600 g/mol. The van der Waals surface area contributed by atoms with E-state index in [1.165, 1.54) is 20.3 Å². The highest BCUT2D eigenvalue weighted by atomic mass is 16.8. The molecule has 5 aliphatic rings. The Morgan fingerprint density at radius 2 is 1.63 bits per heavy atom. The Balaban J connectivity index is 1.30. The average molecular weight is 601 g/mol. The molecule has 0 radical (unpaired) electrons. The van der Waals surface area contributed by atoms with Crippen LogP contribution in [-0.2, 0) is 28.5 Å². The number of hydrogen-bond donors (Lipinski definition) is 3. The summed E-state index contributed by atoms with van der Waals surface area (Å²) in [6.07, 6.45) is -5.77. The highest BCUT2D eigenvalue weighted by Gasteiger charge is 2.56. The van der Waals surface area contributed by atoms with Gasteiger partial charge in [0.2, 0.25) is 12.5 Å². The van der Waals surface area contributed by atoms with Crippen LogP contribution < -0.4 is 18.9 Å². The standard InChI is InChI=1S/C30H32O13/c1-4-21-37-10-20-28(42-21)25(32)26(33)30(41-20)43-27-14-8-17-16(39-11-40-17)7-13(14)22(23-15(27)9-38-29(23)34)12-5-18(35-2)24(31)19(6-12)36-3/h4-8,15,20-23,25-28,30-33H,1,9-11H2,2-3H3/t15-,20+,21+,22+,23-,25+,26+,27+,28+,30-/m0/s1. The number of rotatable bonds is 6. The number of phenols is 1. The predicted octanol–water partition coefficient (Wildman–Crippen LogP) is 1.50. The lowest BCUT2D eigenvalue weighted by molar-refractivity contribution is -0.360.